The second kappa shape index (κ2) is 7.37. The minimum Gasteiger partial charge on any atom is -0.497 e. The first-order valence-corrected chi connectivity index (χ1v) is 9.13. The summed E-state index contributed by atoms with van der Waals surface area (Å²) in [6.07, 6.45) is 0.788. The molecule has 7 heteroatoms. The predicted octanol–water partition coefficient (Wildman–Crippen LogP) is 3.75. The number of hydrogen-bond acceptors (Lipinski definition) is 5. The zero-order chi connectivity index (χ0) is 18.7. The van der Waals surface area contributed by atoms with Crippen LogP contribution in [0.15, 0.2) is 47.5 Å². The summed E-state index contributed by atoms with van der Waals surface area (Å²) in [6, 6.07) is 11.3. The second-order valence-electron chi connectivity index (χ2n) is 6.20. The lowest BCUT2D eigenvalue weighted by Gasteiger charge is -2.30. The van der Waals surface area contributed by atoms with Crippen molar-refractivity contribution in [3.8, 4) is 5.75 Å². The zero-order valence-corrected chi connectivity index (χ0v) is 15.4. The topological polar surface area (TPSA) is 76.7 Å². The summed E-state index contributed by atoms with van der Waals surface area (Å²) in [7, 11) is 1.55. The van der Waals surface area contributed by atoms with Gasteiger partial charge in [0, 0.05) is 11.3 Å². The molecule has 1 aliphatic rings. The van der Waals surface area contributed by atoms with Crippen LogP contribution in [0.1, 0.15) is 29.3 Å². The molecule has 136 valence electrons. The van der Waals surface area contributed by atoms with Gasteiger partial charge in [0.15, 0.2) is 5.17 Å². The number of nitrogens with one attached hydrogen (secondary N) is 1. The van der Waals surface area contributed by atoms with Gasteiger partial charge in [-0.2, -0.15) is 0 Å². The maximum absolute atomic E-state index is 14.2. The number of halogens is 1. The molecule has 3 N–H and O–H groups in total. The monoisotopic (exact) mass is 373 g/mol. The first kappa shape index (κ1) is 18.3. The second-order valence-corrected chi connectivity index (χ2v) is 7.31. The summed E-state index contributed by atoms with van der Waals surface area (Å²) in [4.78, 5) is 16.9. The third kappa shape index (κ3) is 3.83. The van der Waals surface area contributed by atoms with Gasteiger partial charge in [-0.05, 0) is 55.3 Å². The Bertz CT molecular complexity index is 854. The Morgan fingerprint density at radius 2 is 2.04 bits per heavy atom. The van der Waals surface area contributed by atoms with Crippen LogP contribution in [0, 0.1) is 5.82 Å². The highest BCUT2D eigenvalue weighted by atomic mass is 32.2. The summed E-state index contributed by atoms with van der Waals surface area (Å²) >= 11 is 1.51. The molecule has 0 bridgehead atoms. The number of thioether (sulfide) groups is 1. The van der Waals surface area contributed by atoms with Crippen molar-refractivity contribution in [3.63, 3.8) is 0 Å². The van der Waals surface area contributed by atoms with Crippen LogP contribution in [0.4, 0.5) is 10.1 Å². The molecule has 1 amide bonds. The zero-order valence-electron chi connectivity index (χ0n) is 14.6. The smallest absolute Gasteiger partial charge is 0.255 e. The number of amides is 1. The molecule has 1 unspecified atom stereocenters. The van der Waals surface area contributed by atoms with Crippen molar-refractivity contribution in [2.24, 2.45) is 10.7 Å². The number of hydrogen-bond donors (Lipinski definition) is 2. The highest BCUT2D eigenvalue weighted by Gasteiger charge is 2.30. The van der Waals surface area contributed by atoms with E-state index in [9.17, 15) is 9.18 Å². The summed E-state index contributed by atoms with van der Waals surface area (Å²) in [5, 5.41) is 3.15. The van der Waals surface area contributed by atoms with Gasteiger partial charge in [0.05, 0.1) is 18.3 Å². The van der Waals surface area contributed by atoms with E-state index in [1.807, 2.05) is 6.92 Å². The SMILES string of the molecule is COc1ccc(C(=O)Nc2cc(C3(C)CCSC(N)=N3)ccc2F)cc1. The van der Waals surface area contributed by atoms with E-state index in [-0.39, 0.29) is 5.69 Å². The molecule has 0 aliphatic carbocycles. The molecule has 2 aromatic carbocycles. The van der Waals surface area contributed by atoms with Crippen molar-refractivity contribution in [1.82, 2.24) is 0 Å². The number of nitrogens with two attached hydrogens (primary N) is 1. The average molecular weight is 373 g/mol. The quantitative estimate of drug-likeness (QED) is 0.856. The number of carbonyl (C=O) groups excluding carboxylic acids is 1. The Hall–Kier alpha value is -2.54. The fraction of sp³-hybridized carbons (Fsp3) is 0.263. The Morgan fingerprint density at radius 1 is 1.31 bits per heavy atom. The number of amidine groups is 1. The summed E-state index contributed by atoms with van der Waals surface area (Å²) in [6.45, 7) is 1.96. The highest BCUT2D eigenvalue weighted by Crippen LogP contribution is 2.36. The molecule has 1 heterocycles. The van der Waals surface area contributed by atoms with Crippen molar-refractivity contribution in [2.75, 3.05) is 18.2 Å². The van der Waals surface area contributed by atoms with Crippen LogP contribution in [0.2, 0.25) is 0 Å². The summed E-state index contributed by atoms with van der Waals surface area (Å²) < 4.78 is 19.3. The first-order valence-electron chi connectivity index (χ1n) is 8.15. The third-order valence-electron chi connectivity index (χ3n) is 4.38. The number of aliphatic imine (C=N–C) groups is 1. The van der Waals surface area contributed by atoms with Crippen molar-refractivity contribution >= 4 is 28.5 Å². The predicted molar refractivity (Wildman–Crippen MR) is 103 cm³/mol. The fourth-order valence-electron chi connectivity index (χ4n) is 2.79. The fourth-order valence-corrected chi connectivity index (χ4v) is 3.76. The van der Waals surface area contributed by atoms with E-state index in [1.165, 1.54) is 17.8 Å². The number of nitrogens with zero attached hydrogens (tertiary/aromatic N) is 1. The van der Waals surface area contributed by atoms with E-state index in [0.29, 0.717) is 16.5 Å². The van der Waals surface area contributed by atoms with Crippen LogP contribution in [0.5, 0.6) is 5.75 Å². The van der Waals surface area contributed by atoms with Crippen molar-refractivity contribution in [1.29, 1.82) is 0 Å². The van der Waals surface area contributed by atoms with Gasteiger partial charge in [-0.3, -0.25) is 9.79 Å². The molecule has 1 atom stereocenters. The standard InChI is InChI=1S/C19H20FN3O2S/c1-19(9-10-26-18(21)23-19)13-5-8-15(20)16(11-13)22-17(24)12-3-6-14(25-2)7-4-12/h3-8,11H,9-10H2,1-2H3,(H2,21,23)(H,22,24). The molecule has 0 spiro atoms. The Balaban J connectivity index is 1.86. The molecule has 26 heavy (non-hydrogen) atoms. The number of benzene rings is 2. The number of anilines is 1. The Kier molecular flexibility index (Phi) is 5.18. The summed E-state index contributed by atoms with van der Waals surface area (Å²) in [5.74, 6) is 0.599. The highest BCUT2D eigenvalue weighted by molar-refractivity contribution is 8.13. The van der Waals surface area contributed by atoms with Crippen LogP contribution in [-0.4, -0.2) is 23.9 Å². The average Bonchev–Trinajstić information content (AvgIpc) is 2.63. The van der Waals surface area contributed by atoms with Gasteiger partial charge in [-0.1, -0.05) is 17.8 Å². The van der Waals surface area contributed by atoms with Gasteiger partial charge < -0.3 is 15.8 Å². The van der Waals surface area contributed by atoms with E-state index in [1.54, 1.807) is 43.5 Å². The van der Waals surface area contributed by atoms with Gasteiger partial charge in [0.2, 0.25) is 0 Å². The lowest BCUT2D eigenvalue weighted by molar-refractivity contribution is 0.102. The van der Waals surface area contributed by atoms with Crippen LogP contribution < -0.4 is 15.8 Å². The molecule has 3 rings (SSSR count). The van der Waals surface area contributed by atoms with Gasteiger partial charge in [-0.25, -0.2) is 4.39 Å². The molecule has 0 fully saturated rings. The molecule has 0 radical (unpaired) electrons. The van der Waals surface area contributed by atoms with E-state index >= 15 is 0 Å². The van der Waals surface area contributed by atoms with E-state index < -0.39 is 17.3 Å². The maximum Gasteiger partial charge on any atom is 0.255 e. The molecule has 2 aromatic rings. The van der Waals surface area contributed by atoms with Crippen LogP contribution in [0.25, 0.3) is 0 Å². The van der Waals surface area contributed by atoms with Crippen LogP contribution in [-0.2, 0) is 5.54 Å². The van der Waals surface area contributed by atoms with Gasteiger partial charge in [0.1, 0.15) is 11.6 Å². The molecular formula is C19H20FN3O2S. The number of methoxy groups -OCH3 is 1. The maximum atomic E-state index is 14.2. The minimum atomic E-state index is -0.525. The molecule has 0 saturated heterocycles. The van der Waals surface area contributed by atoms with E-state index in [2.05, 4.69) is 10.3 Å². The molecule has 0 saturated carbocycles. The van der Waals surface area contributed by atoms with Gasteiger partial charge in [-0.15, -0.1) is 0 Å². The molecule has 1 aliphatic heterocycles. The number of rotatable bonds is 4. The molecule has 5 nitrogen and oxygen atoms in total. The molecular weight excluding hydrogens is 353 g/mol. The van der Waals surface area contributed by atoms with Crippen molar-refractivity contribution < 1.29 is 13.9 Å². The molecule has 0 aromatic heterocycles. The van der Waals surface area contributed by atoms with Crippen LogP contribution >= 0.6 is 11.8 Å². The van der Waals surface area contributed by atoms with Gasteiger partial charge >= 0.3 is 0 Å². The van der Waals surface area contributed by atoms with E-state index in [0.717, 1.165) is 17.7 Å². The Labute approximate surface area is 155 Å². The van der Waals surface area contributed by atoms with Gasteiger partial charge in [0.25, 0.3) is 5.91 Å². The normalized spacial score (nSPS) is 19.6. The lowest BCUT2D eigenvalue weighted by Crippen LogP contribution is -2.29. The van der Waals surface area contributed by atoms with Crippen molar-refractivity contribution in [2.45, 2.75) is 18.9 Å². The third-order valence-corrected chi connectivity index (χ3v) is 5.18. The number of carbonyl (C=O) groups is 1. The minimum absolute atomic E-state index is 0.122. The van der Waals surface area contributed by atoms with E-state index in [4.69, 9.17) is 10.5 Å². The summed E-state index contributed by atoms with van der Waals surface area (Å²) in [5.41, 5.74) is 6.68. The van der Waals surface area contributed by atoms with Crippen LogP contribution in [0.3, 0.4) is 0 Å². The Morgan fingerprint density at radius 3 is 2.69 bits per heavy atom. The lowest BCUT2D eigenvalue weighted by atomic mass is 9.89. The number of ether oxygens (including phenoxy) is 1. The first-order chi connectivity index (χ1) is 12.4. The van der Waals surface area contributed by atoms with Crippen molar-refractivity contribution in [3.05, 3.63) is 59.4 Å². The largest absolute Gasteiger partial charge is 0.497 e.